The van der Waals surface area contributed by atoms with Crippen molar-refractivity contribution >= 4 is 0 Å². The van der Waals surface area contributed by atoms with E-state index >= 15 is 0 Å². The topological polar surface area (TPSA) is 41.5 Å². The maximum atomic E-state index is 9.14. The standard InChI is InChI=1S/C9H21NO2/c1-8(2)10-9(3,7-11)5-6-12-4/h8,10-11H,5-7H2,1-4H3. The first kappa shape index (κ1) is 11.9. The molecule has 0 heterocycles. The van der Waals surface area contributed by atoms with E-state index in [0.717, 1.165) is 6.42 Å². The number of methoxy groups -OCH3 is 1. The molecule has 12 heavy (non-hydrogen) atoms. The highest BCUT2D eigenvalue weighted by molar-refractivity contribution is 4.83. The lowest BCUT2D eigenvalue weighted by molar-refractivity contribution is 0.110. The predicted octanol–water partition coefficient (Wildman–Crippen LogP) is 0.772. The first-order chi connectivity index (χ1) is 5.54. The van der Waals surface area contributed by atoms with Crippen LogP contribution in [-0.2, 0) is 4.74 Å². The van der Waals surface area contributed by atoms with Gasteiger partial charge in [-0.25, -0.2) is 0 Å². The zero-order valence-electron chi connectivity index (χ0n) is 8.55. The van der Waals surface area contributed by atoms with E-state index in [9.17, 15) is 0 Å². The number of ether oxygens (including phenoxy) is 1. The van der Waals surface area contributed by atoms with E-state index in [2.05, 4.69) is 19.2 Å². The van der Waals surface area contributed by atoms with Crippen LogP contribution in [-0.4, -0.2) is 37.0 Å². The normalized spacial score (nSPS) is 16.5. The van der Waals surface area contributed by atoms with Gasteiger partial charge in [0, 0.05) is 25.3 Å². The zero-order chi connectivity index (χ0) is 9.61. The number of aliphatic hydroxyl groups excluding tert-OH is 1. The Balaban J connectivity index is 3.86. The van der Waals surface area contributed by atoms with E-state index in [4.69, 9.17) is 9.84 Å². The average molecular weight is 175 g/mol. The Morgan fingerprint density at radius 1 is 1.50 bits per heavy atom. The van der Waals surface area contributed by atoms with Gasteiger partial charge in [-0.3, -0.25) is 0 Å². The first-order valence-corrected chi connectivity index (χ1v) is 4.41. The Morgan fingerprint density at radius 3 is 2.42 bits per heavy atom. The van der Waals surface area contributed by atoms with Crippen LogP contribution in [0.5, 0.6) is 0 Å². The van der Waals surface area contributed by atoms with Crippen molar-refractivity contribution < 1.29 is 9.84 Å². The van der Waals surface area contributed by atoms with Gasteiger partial charge in [-0.15, -0.1) is 0 Å². The average Bonchev–Trinajstić information content (AvgIpc) is 2.00. The number of hydrogen-bond donors (Lipinski definition) is 2. The molecule has 0 amide bonds. The van der Waals surface area contributed by atoms with Crippen LogP contribution >= 0.6 is 0 Å². The van der Waals surface area contributed by atoms with E-state index in [0.29, 0.717) is 12.6 Å². The van der Waals surface area contributed by atoms with Gasteiger partial charge in [0.25, 0.3) is 0 Å². The smallest absolute Gasteiger partial charge is 0.0611 e. The number of aliphatic hydroxyl groups is 1. The monoisotopic (exact) mass is 175 g/mol. The zero-order valence-corrected chi connectivity index (χ0v) is 8.55. The minimum Gasteiger partial charge on any atom is -0.394 e. The minimum atomic E-state index is -0.204. The van der Waals surface area contributed by atoms with Crippen LogP contribution in [0, 0.1) is 0 Å². The molecule has 0 aromatic heterocycles. The summed E-state index contributed by atoms with van der Waals surface area (Å²) in [5.74, 6) is 0. The molecule has 0 aliphatic heterocycles. The molecule has 0 aliphatic carbocycles. The highest BCUT2D eigenvalue weighted by atomic mass is 16.5. The van der Waals surface area contributed by atoms with Gasteiger partial charge in [-0.1, -0.05) is 13.8 Å². The molecule has 0 fully saturated rings. The molecule has 0 aliphatic rings. The molecule has 0 saturated heterocycles. The van der Waals surface area contributed by atoms with Crippen LogP contribution < -0.4 is 5.32 Å². The third-order valence-electron chi connectivity index (χ3n) is 1.84. The lowest BCUT2D eigenvalue weighted by atomic mass is 9.98. The molecule has 0 saturated carbocycles. The minimum absolute atomic E-state index is 0.147. The summed E-state index contributed by atoms with van der Waals surface area (Å²) in [5, 5.41) is 12.5. The van der Waals surface area contributed by atoms with Gasteiger partial charge in [0.1, 0.15) is 0 Å². The molecule has 0 radical (unpaired) electrons. The van der Waals surface area contributed by atoms with Crippen LogP contribution in [0.25, 0.3) is 0 Å². The van der Waals surface area contributed by atoms with Gasteiger partial charge in [-0.05, 0) is 13.3 Å². The van der Waals surface area contributed by atoms with Gasteiger partial charge in [-0.2, -0.15) is 0 Å². The fourth-order valence-electron chi connectivity index (χ4n) is 1.22. The van der Waals surface area contributed by atoms with Gasteiger partial charge in [0.2, 0.25) is 0 Å². The Morgan fingerprint density at radius 2 is 2.08 bits per heavy atom. The maximum Gasteiger partial charge on any atom is 0.0611 e. The van der Waals surface area contributed by atoms with Gasteiger partial charge in [0.15, 0.2) is 0 Å². The van der Waals surface area contributed by atoms with Crippen molar-refractivity contribution in [2.24, 2.45) is 0 Å². The van der Waals surface area contributed by atoms with Crippen LogP contribution in [0.4, 0.5) is 0 Å². The summed E-state index contributed by atoms with van der Waals surface area (Å²) in [7, 11) is 1.67. The molecular weight excluding hydrogens is 154 g/mol. The van der Waals surface area contributed by atoms with Gasteiger partial charge >= 0.3 is 0 Å². The van der Waals surface area contributed by atoms with Crippen LogP contribution in [0.2, 0.25) is 0 Å². The lowest BCUT2D eigenvalue weighted by Crippen LogP contribution is -2.49. The maximum absolute atomic E-state index is 9.14. The largest absolute Gasteiger partial charge is 0.394 e. The Labute approximate surface area is 75.1 Å². The molecular formula is C9H21NO2. The predicted molar refractivity (Wildman–Crippen MR) is 50.3 cm³/mol. The third kappa shape index (κ3) is 4.70. The second-order valence-electron chi connectivity index (χ2n) is 3.76. The molecule has 0 aromatic rings. The van der Waals surface area contributed by atoms with Crippen molar-refractivity contribution in [1.29, 1.82) is 0 Å². The molecule has 0 spiro atoms. The molecule has 0 bridgehead atoms. The number of nitrogens with one attached hydrogen (secondary N) is 1. The highest BCUT2D eigenvalue weighted by Crippen LogP contribution is 2.09. The van der Waals surface area contributed by atoms with Crippen LogP contribution in [0.1, 0.15) is 27.2 Å². The number of rotatable bonds is 6. The van der Waals surface area contributed by atoms with Crippen molar-refractivity contribution in [3.8, 4) is 0 Å². The van der Waals surface area contributed by atoms with E-state index in [1.807, 2.05) is 6.92 Å². The van der Waals surface area contributed by atoms with Crippen LogP contribution in [0.3, 0.4) is 0 Å². The van der Waals surface area contributed by atoms with Crippen molar-refractivity contribution in [2.75, 3.05) is 20.3 Å². The highest BCUT2D eigenvalue weighted by Gasteiger charge is 2.22. The van der Waals surface area contributed by atoms with E-state index in [1.54, 1.807) is 7.11 Å². The summed E-state index contributed by atoms with van der Waals surface area (Å²) in [4.78, 5) is 0. The van der Waals surface area contributed by atoms with Crippen molar-refractivity contribution in [3.63, 3.8) is 0 Å². The second-order valence-corrected chi connectivity index (χ2v) is 3.76. The molecule has 1 unspecified atom stereocenters. The van der Waals surface area contributed by atoms with Crippen molar-refractivity contribution in [1.82, 2.24) is 5.32 Å². The fourth-order valence-corrected chi connectivity index (χ4v) is 1.22. The third-order valence-corrected chi connectivity index (χ3v) is 1.84. The number of hydrogen-bond acceptors (Lipinski definition) is 3. The molecule has 0 aromatic carbocycles. The van der Waals surface area contributed by atoms with E-state index in [-0.39, 0.29) is 12.1 Å². The Bertz CT molecular complexity index is 117. The van der Waals surface area contributed by atoms with Crippen molar-refractivity contribution in [3.05, 3.63) is 0 Å². The van der Waals surface area contributed by atoms with Gasteiger partial charge in [0.05, 0.1) is 6.61 Å². The molecule has 2 N–H and O–H groups in total. The summed E-state index contributed by atoms with van der Waals surface area (Å²) in [5.41, 5.74) is -0.204. The second kappa shape index (κ2) is 5.51. The van der Waals surface area contributed by atoms with E-state index in [1.165, 1.54) is 0 Å². The molecule has 74 valence electrons. The molecule has 0 rings (SSSR count). The fraction of sp³-hybridized carbons (Fsp3) is 1.00. The SMILES string of the molecule is COCCC(C)(CO)NC(C)C. The molecule has 3 nitrogen and oxygen atoms in total. The summed E-state index contributed by atoms with van der Waals surface area (Å²) in [6.07, 6.45) is 0.832. The summed E-state index contributed by atoms with van der Waals surface area (Å²) in [6, 6.07) is 0.388. The summed E-state index contributed by atoms with van der Waals surface area (Å²) >= 11 is 0. The molecule has 3 heteroatoms. The van der Waals surface area contributed by atoms with Crippen molar-refractivity contribution in [2.45, 2.75) is 38.8 Å². The summed E-state index contributed by atoms with van der Waals surface area (Å²) in [6.45, 7) is 6.97. The molecule has 1 atom stereocenters. The van der Waals surface area contributed by atoms with Crippen LogP contribution in [0.15, 0.2) is 0 Å². The summed E-state index contributed by atoms with van der Waals surface area (Å²) < 4.78 is 4.97. The first-order valence-electron chi connectivity index (χ1n) is 4.41. The lowest BCUT2D eigenvalue weighted by Gasteiger charge is -2.30. The quantitative estimate of drug-likeness (QED) is 0.626. The Hall–Kier alpha value is -0.120. The van der Waals surface area contributed by atoms with E-state index < -0.39 is 0 Å². The Kier molecular flexibility index (Phi) is 5.46. The van der Waals surface area contributed by atoms with Gasteiger partial charge < -0.3 is 15.2 Å².